The summed E-state index contributed by atoms with van der Waals surface area (Å²) in [6, 6.07) is 12.6. The Morgan fingerprint density at radius 1 is 0.921 bits per heavy atom. The molecule has 0 radical (unpaired) electrons. The van der Waals surface area contributed by atoms with E-state index in [4.69, 9.17) is 34.8 Å². The number of piperidine rings is 2. The molecule has 2 saturated heterocycles. The van der Waals surface area contributed by atoms with E-state index in [-0.39, 0.29) is 29.7 Å². The van der Waals surface area contributed by atoms with Gasteiger partial charge in [0.15, 0.2) is 0 Å². The van der Waals surface area contributed by atoms with E-state index in [9.17, 15) is 14.4 Å². The molecule has 2 aliphatic heterocycles. The van der Waals surface area contributed by atoms with E-state index < -0.39 is 0 Å². The van der Waals surface area contributed by atoms with E-state index in [0.29, 0.717) is 53.3 Å². The van der Waals surface area contributed by atoms with Crippen LogP contribution in [-0.2, 0) is 15.5 Å². The van der Waals surface area contributed by atoms with Crippen molar-refractivity contribution in [2.24, 2.45) is 5.92 Å². The van der Waals surface area contributed by atoms with Crippen molar-refractivity contribution in [3.8, 4) is 0 Å². The lowest BCUT2D eigenvalue weighted by Gasteiger charge is -2.39. The van der Waals surface area contributed by atoms with E-state index in [1.165, 1.54) is 0 Å². The van der Waals surface area contributed by atoms with Crippen molar-refractivity contribution in [1.29, 1.82) is 0 Å². The van der Waals surface area contributed by atoms with Crippen LogP contribution in [0.15, 0.2) is 42.5 Å². The molecule has 2 heterocycles. The summed E-state index contributed by atoms with van der Waals surface area (Å²) in [5, 5.41) is 4.11. The monoisotopic (exact) mass is 577 g/mol. The molecular formula is C29H34Cl3N3O3. The van der Waals surface area contributed by atoms with Crippen LogP contribution in [-0.4, -0.2) is 59.7 Å². The van der Waals surface area contributed by atoms with Gasteiger partial charge in [0.1, 0.15) is 0 Å². The third kappa shape index (κ3) is 7.22. The topological polar surface area (TPSA) is 69.7 Å². The highest BCUT2D eigenvalue weighted by atomic mass is 35.5. The number of amides is 3. The summed E-state index contributed by atoms with van der Waals surface area (Å²) in [4.78, 5) is 41.7. The van der Waals surface area contributed by atoms with Crippen LogP contribution in [0.25, 0.3) is 0 Å². The summed E-state index contributed by atoms with van der Waals surface area (Å²) in [6.45, 7) is 4.23. The summed E-state index contributed by atoms with van der Waals surface area (Å²) < 4.78 is 0. The summed E-state index contributed by atoms with van der Waals surface area (Å²) in [7, 11) is 0. The van der Waals surface area contributed by atoms with Gasteiger partial charge in [-0.1, -0.05) is 41.4 Å². The minimum Gasteiger partial charge on any atom is -0.349 e. The molecule has 1 N–H and O–H groups in total. The molecule has 2 unspecified atom stereocenters. The van der Waals surface area contributed by atoms with E-state index >= 15 is 0 Å². The van der Waals surface area contributed by atoms with E-state index in [1.54, 1.807) is 25.1 Å². The Hall–Kier alpha value is -2.28. The number of benzene rings is 2. The largest absolute Gasteiger partial charge is 0.349 e. The Balaban J connectivity index is 1.41. The Morgan fingerprint density at radius 3 is 2.24 bits per heavy atom. The quantitative estimate of drug-likeness (QED) is 0.417. The van der Waals surface area contributed by atoms with Crippen LogP contribution in [0.2, 0.25) is 10.0 Å². The predicted octanol–water partition coefficient (Wildman–Crippen LogP) is 5.89. The van der Waals surface area contributed by atoms with Crippen molar-refractivity contribution in [1.82, 2.24) is 15.1 Å². The smallest absolute Gasteiger partial charge is 0.251 e. The number of halogens is 3. The number of rotatable bonds is 7. The number of carbonyl (C=O) groups excluding carboxylic acids is 3. The van der Waals surface area contributed by atoms with Crippen LogP contribution in [0, 0.1) is 5.92 Å². The van der Waals surface area contributed by atoms with Gasteiger partial charge in [-0.3, -0.25) is 14.4 Å². The second kappa shape index (κ2) is 13.2. The standard InChI is InChI=1S/C29H34Cl3N3O3/c1-19(36)34-13-10-20(11-14-34)4-9-28(37)35-15-12-27(24(18-35)23-7-8-25(31)26(32)16-23)33-29(38)22-5-2-21(17-30)3-6-22/h2-3,5-8,16,20,24,27H,4,9-15,17-18H2,1H3,(H,33,38). The summed E-state index contributed by atoms with van der Waals surface area (Å²) in [5.41, 5.74) is 2.46. The first-order valence-corrected chi connectivity index (χ1v) is 14.5. The molecule has 0 aromatic heterocycles. The van der Waals surface area contributed by atoms with Crippen LogP contribution in [0.4, 0.5) is 0 Å². The molecule has 9 heteroatoms. The molecule has 0 saturated carbocycles. The normalized spacial score (nSPS) is 20.3. The molecule has 2 fully saturated rings. The molecule has 2 aliphatic rings. The fraction of sp³-hybridized carbons (Fsp3) is 0.483. The molecular weight excluding hydrogens is 545 g/mol. The maximum atomic E-state index is 13.2. The number of nitrogens with zero attached hydrogens (tertiary/aromatic N) is 2. The van der Waals surface area contributed by atoms with Gasteiger partial charge < -0.3 is 15.1 Å². The van der Waals surface area contributed by atoms with Crippen LogP contribution < -0.4 is 5.32 Å². The predicted molar refractivity (Wildman–Crippen MR) is 152 cm³/mol. The lowest BCUT2D eigenvalue weighted by atomic mass is 9.85. The van der Waals surface area contributed by atoms with Gasteiger partial charge in [0.25, 0.3) is 5.91 Å². The zero-order valence-corrected chi connectivity index (χ0v) is 23.9. The van der Waals surface area contributed by atoms with Gasteiger partial charge in [0, 0.05) is 62.9 Å². The minimum absolute atomic E-state index is 0.118. The Bertz CT molecular complexity index is 1150. The average molecular weight is 579 g/mol. The van der Waals surface area contributed by atoms with Gasteiger partial charge in [0.05, 0.1) is 10.0 Å². The fourth-order valence-corrected chi connectivity index (χ4v) is 5.94. The lowest BCUT2D eigenvalue weighted by molar-refractivity contribution is -0.134. The fourth-order valence-electron chi connectivity index (χ4n) is 5.45. The van der Waals surface area contributed by atoms with Gasteiger partial charge in [-0.2, -0.15) is 0 Å². The molecule has 3 amide bonds. The highest BCUT2D eigenvalue weighted by Gasteiger charge is 2.34. The number of hydrogen-bond acceptors (Lipinski definition) is 3. The third-order valence-corrected chi connectivity index (χ3v) is 8.90. The van der Waals surface area contributed by atoms with Crippen LogP contribution in [0.1, 0.15) is 66.4 Å². The molecule has 0 spiro atoms. The number of nitrogens with one attached hydrogen (secondary N) is 1. The first-order chi connectivity index (χ1) is 18.2. The summed E-state index contributed by atoms with van der Waals surface area (Å²) in [6.07, 6.45) is 3.84. The van der Waals surface area contributed by atoms with Crippen LogP contribution in [0.3, 0.4) is 0 Å². The van der Waals surface area contributed by atoms with Gasteiger partial charge in [-0.15, -0.1) is 11.6 Å². The lowest BCUT2D eigenvalue weighted by Crippen LogP contribution is -2.51. The zero-order chi connectivity index (χ0) is 27.2. The van der Waals surface area contributed by atoms with Gasteiger partial charge in [0.2, 0.25) is 11.8 Å². The Morgan fingerprint density at radius 2 is 1.61 bits per heavy atom. The van der Waals surface area contributed by atoms with Crippen molar-refractivity contribution in [2.75, 3.05) is 26.2 Å². The average Bonchev–Trinajstić information content (AvgIpc) is 2.93. The minimum atomic E-state index is -0.160. The second-order valence-electron chi connectivity index (χ2n) is 10.3. The molecule has 204 valence electrons. The molecule has 0 aliphatic carbocycles. The van der Waals surface area contributed by atoms with Gasteiger partial charge in [-0.05, 0) is 67.0 Å². The molecule has 2 atom stereocenters. The van der Waals surface area contributed by atoms with Gasteiger partial charge >= 0.3 is 0 Å². The van der Waals surface area contributed by atoms with E-state index in [0.717, 1.165) is 43.5 Å². The molecule has 4 rings (SSSR count). The number of alkyl halides is 1. The number of hydrogen-bond donors (Lipinski definition) is 1. The number of likely N-dealkylation sites (tertiary alicyclic amines) is 2. The Labute approximate surface area is 239 Å². The SMILES string of the molecule is CC(=O)N1CCC(CCC(=O)N2CCC(NC(=O)c3ccc(CCl)cc3)C(c3ccc(Cl)c(Cl)c3)C2)CC1. The first-order valence-electron chi connectivity index (χ1n) is 13.2. The second-order valence-corrected chi connectivity index (χ2v) is 11.4. The molecule has 38 heavy (non-hydrogen) atoms. The molecule has 2 aromatic carbocycles. The van der Waals surface area contributed by atoms with Crippen LogP contribution >= 0.6 is 34.8 Å². The van der Waals surface area contributed by atoms with Crippen molar-refractivity contribution in [2.45, 2.75) is 56.9 Å². The third-order valence-electron chi connectivity index (χ3n) is 7.85. The van der Waals surface area contributed by atoms with Gasteiger partial charge in [-0.25, -0.2) is 0 Å². The highest BCUT2D eigenvalue weighted by molar-refractivity contribution is 6.42. The maximum Gasteiger partial charge on any atom is 0.251 e. The van der Waals surface area contributed by atoms with E-state index in [1.807, 2.05) is 34.1 Å². The Kier molecular flexibility index (Phi) is 9.97. The maximum absolute atomic E-state index is 13.2. The summed E-state index contributed by atoms with van der Waals surface area (Å²) in [5.74, 6) is 0.832. The van der Waals surface area contributed by atoms with Crippen molar-refractivity contribution >= 4 is 52.5 Å². The molecule has 2 aromatic rings. The molecule has 0 bridgehead atoms. The zero-order valence-electron chi connectivity index (χ0n) is 21.6. The van der Waals surface area contributed by atoms with Crippen molar-refractivity contribution < 1.29 is 14.4 Å². The summed E-state index contributed by atoms with van der Waals surface area (Å²) >= 11 is 18.4. The van der Waals surface area contributed by atoms with Crippen molar-refractivity contribution in [3.05, 3.63) is 69.2 Å². The molecule has 6 nitrogen and oxygen atoms in total. The first kappa shape index (κ1) is 28.7. The van der Waals surface area contributed by atoms with Crippen LogP contribution in [0.5, 0.6) is 0 Å². The van der Waals surface area contributed by atoms with Crippen molar-refractivity contribution in [3.63, 3.8) is 0 Å². The van der Waals surface area contributed by atoms with E-state index in [2.05, 4.69) is 5.32 Å². The number of carbonyl (C=O) groups is 3. The highest BCUT2D eigenvalue weighted by Crippen LogP contribution is 2.33.